The number of rotatable bonds is 1. The molecule has 3 heteroatoms. The Morgan fingerprint density at radius 1 is 1.10 bits per heavy atom. The SMILES string of the molecule is Cc1ccc2c(c1)C(=O)N(c1ccc3ccoc3c1)C2. The van der Waals surface area contributed by atoms with Crippen LogP contribution in [0.1, 0.15) is 21.5 Å². The number of hydrogen-bond donors (Lipinski definition) is 0. The van der Waals surface area contributed by atoms with Crippen LogP contribution in [0, 0.1) is 6.92 Å². The second-order valence-corrected chi connectivity index (χ2v) is 5.19. The van der Waals surface area contributed by atoms with Crippen LogP contribution in [0.3, 0.4) is 0 Å². The third kappa shape index (κ3) is 1.56. The summed E-state index contributed by atoms with van der Waals surface area (Å²) in [7, 11) is 0. The number of hydrogen-bond acceptors (Lipinski definition) is 2. The van der Waals surface area contributed by atoms with E-state index < -0.39 is 0 Å². The van der Waals surface area contributed by atoms with Crippen LogP contribution >= 0.6 is 0 Å². The molecule has 0 saturated heterocycles. The zero-order chi connectivity index (χ0) is 13.7. The van der Waals surface area contributed by atoms with Gasteiger partial charge in [0.1, 0.15) is 5.58 Å². The van der Waals surface area contributed by atoms with Gasteiger partial charge in [-0.15, -0.1) is 0 Å². The Labute approximate surface area is 116 Å². The van der Waals surface area contributed by atoms with E-state index in [0.717, 1.165) is 33.3 Å². The van der Waals surface area contributed by atoms with Gasteiger partial charge in [0.05, 0.1) is 12.8 Å². The molecule has 0 unspecified atom stereocenters. The minimum Gasteiger partial charge on any atom is -0.464 e. The summed E-state index contributed by atoms with van der Waals surface area (Å²) in [6, 6.07) is 13.8. The quantitative estimate of drug-likeness (QED) is 0.667. The van der Waals surface area contributed by atoms with Crippen LogP contribution in [-0.2, 0) is 6.54 Å². The first-order chi connectivity index (χ1) is 9.72. The molecular formula is C17H13NO2. The lowest BCUT2D eigenvalue weighted by molar-refractivity contribution is 0.0996. The normalized spacial score (nSPS) is 14.1. The third-order valence-corrected chi connectivity index (χ3v) is 3.82. The van der Waals surface area contributed by atoms with Crippen molar-refractivity contribution in [3.05, 3.63) is 65.4 Å². The molecule has 3 aromatic rings. The van der Waals surface area contributed by atoms with E-state index in [4.69, 9.17) is 4.42 Å². The topological polar surface area (TPSA) is 33.5 Å². The van der Waals surface area contributed by atoms with E-state index in [1.807, 2.05) is 49.4 Å². The Morgan fingerprint density at radius 2 is 2.00 bits per heavy atom. The lowest BCUT2D eigenvalue weighted by Crippen LogP contribution is -2.22. The van der Waals surface area contributed by atoms with Crippen LogP contribution in [0.15, 0.2) is 53.1 Å². The highest BCUT2D eigenvalue weighted by Crippen LogP contribution is 2.31. The third-order valence-electron chi connectivity index (χ3n) is 3.82. The molecule has 0 fully saturated rings. The summed E-state index contributed by atoms with van der Waals surface area (Å²) in [5, 5.41) is 1.05. The average Bonchev–Trinajstić information content (AvgIpc) is 3.03. The Bertz CT molecular complexity index is 832. The van der Waals surface area contributed by atoms with E-state index in [2.05, 4.69) is 0 Å². The van der Waals surface area contributed by atoms with Crippen molar-refractivity contribution in [3.63, 3.8) is 0 Å². The molecule has 0 bridgehead atoms. The zero-order valence-corrected chi connectivity index (χ0v) is 11.1. The maximum atomic E-state index is 12.5. The minimum absolute atomic E-state index is 0.0645. The van der Waals surface area contributed by atoms with Crippen LogP contribution in [0.5, 0.6) is 0 Å². The fourth-order valence-corrected chi connectivity index (χ4v) is 2.73. The first-order valence-corrected chi connectivity index (χ1v) is 6.61. The number of fused-ring (bicyclic) bond motifs is 2. The highest BCUT2D eigenvalue weighted by Gasteiger charge is 2.28. The van der Waals surface area contributed by atoms with Gasteiger partial charge >= 0.3 is 0 Å². The van der Waals surface area contributed by atoms with Crippen LogP contribution in [0.2, 0.25) is 0 Å². The molecule has 1 amide bonds. The fourth-order valence-electron chi connectivity index (χ4n) is 2.73. The molecule has 0 saturated carbocycles. The summed E-state index contributed by atoms with van der Waals surface area (Å²) in [5.74, 6) is 0.0645. The van der Waals surface area contributed by atoms with Gasteiger partial charge in [-0.1, -0.05) is 17.7 Å². The summed E-state index contributed by atoms with van der Waals surface area (Å²) in [6.07, 6.45) is 1.67. The van der Waals surface area contributed by atoms with Gasteiger partial charge < -0.3 is 9.32 Å². The number of furan rings is 1. The van der Waals surface area contributed by atoms with Crippen LogP contribution in [-0.4, -0.2) is 5.91 Å². The predicted octanol–water partition coefficient (Wildman–Crippen LogP) is 3.90. The molecule has 2 heterocycles. The number of carbonyl (C=O) groups is 1. The highest BCUT2D eigenvalue weighted by molar-refractivity contribution is 6.10. The van der Waals surface area contributed by atoms with Crippen molar-refractivity contribution in [2.24, 2.45) is 0 Å². The number of nitrogens with zero attached hydrogens (tertiary/aromatic N) is 1. The molecule has 20 heavy (non-hydrogen) atoms. The average molecular weight is 263 g/mol. The fraction of sp³-hybridized carbons (Fsp3) is 0.118. The van der Waals surface area contributed by atoms with Gasteiger partial charge in [-0.05, 0) is 36.8 Å². The van der Waals surface area contributed by atoms with Crippen molar-refractivity contribution < 1.29 is 9.21 Å². The zero-order valence-electron chi connectivity index (χ0n) is 11.1. The predicted molar refractivity (Wildman–Crippen MR) is 77.9 cm³/mol. The Morgan fingerprint density at radius 3 is 2.90 bits per heavy atom. The molecule has 0 spiro atoms. The summed E-state index contributed by atoms with van der Waals surface area (Å²) in [5.41, 5.74) is 4.69. The van der Waals surface area contributed by atoms with Crippen molar-refractivity contribution in [2.75, 3.05) is 4.90 Å². The van der Waals surface area contributed by atoms with E-state index in [1.54, 1.807) is 11.2 Å². The molecule has 1 aliphatic rings. The van der Waals surface area contributed by atoms with E-state index >= 15 is 0 Å². The molecule has 0 atom stereocenters. The maximum Gasteiger partial charge on any atom is 0.258 e. The maximum absolute atomic E-state index is 12.5. The summed E-state index contributed by atoms with van der Waals surface area (Å²) < 4.78 is 5.41. The molecule has 0 aliphatic carbocycles. The molecule has 0 radical (unpaired) electrons. The Hall–Kier alpha value is -2.55. The molecule has 3 nitrogen and oxygen atoms in total. The Balaban J connectivity index is 1.79. The second kappa shape index (κ2) is 3.97. The molecule has 4 rings (SSSR count). The first-order valence-electron chi connectivity index (χ1n) is 6.61. The molecule has 1 aliphatic heterocycles. The van der Waals surface area contributed by atoms with Gasteiger partial charge in [-0.3, -0.25) is 4.79 Å². The number of amides is 1. The summed E-state index contributed by atoms with van der Waals surface area (Å²) >= 11 is 0. The van der Waals surface area contributed by atoms with Gasteiger partial charge in [0.15, 0.2) is 0 Å². The van der Waals surface area contributed by atoms with Crippen LogP contribution in [0.25, 0.3) is 11.0 Å². The van der Waals surface area contributed by atoms with E-state index in [0.29, 0.717) is 6.54 Å². The van der Waals surface area contributed by atoms with E-state index in [1.165, 1.54) is 0 Å². The second-order valence-electron chi connectivity index (χ2n) is 5.19. The lowest BCUT2D eigenvalue weighted by Gasteiger charge is -2.15. The first kappa shape index (κ1) is 11.3. The number of carbonyl (C=O) groups excluding carboxylic acids is 1. The summed E-state index contributed by atoms with van der Waals surface area (Å²) in [4.78, 5) is 14.3. The summed E-state index contributed by atoms with van der Waals surface area (Å²) in [6.45, 7) is 2.63. The number of aryl methyl sites for hydroxylation is 1. The molecule has 2 aromatic carbocycles. The molecule has 98 valence electrons. The largest absolute Gasteiger partial charge is 0.464 e. The number of anilines is 1. The van der Waals surface area contributed by atoms with Crippen molar-refractivity contribution in [1.82, 2.24) is 0 Å². The van der Waals surface area contributed by atoms with Gasteiger partial charge in [0.25, 0.3) is 5.91 Å². The van der Waals surface area contributed by atoms with Crippen molar-refractivity contribution in [3.8, 4) is 0 Å². The van der Waals surface area contributed by atoms with Gasteiger partial charge in [-0.25, -0.2) is 0 Å². The Kier molecular flexibility index (Phi) is 2.24. The van der Waals surface area contributed by atoms with Gasteiger partial charge in [0.2, 0.25) is 0 Å². The monoisotopic (exact) mass is 263 g/mol. The standard InChI is InChI=1S/C17H13NO2/c1-11-2-3-13-10-18(17(19)15(13)8-11)14-5-4-12-6-7-20-16(12)9-14/h2-9H,10H2,1H3. The van der Waals surface area contributed by atoms with Crippen molar-refractivity contribution in [2.45, 2.75) is 13.5 Å². The van der Waals surface area contributed by atoms with Crippen LogP contribution < -0.4 is 4.90 Å². The van der Waals surface area contributed by atoms with E-state index in [9.17, 15) is 4.79 Å². The van der Waals surface area contributed by atoms with E-state index in [-0.39, 0.29) is 5.91 Å². The van der Waals surface area contributed by atoms with Gasteiger partial charge in [-0.2, -0.15) is 0 Å². The van der Waals surface area contributed by atoms with Crippen molar-refractivity contribution in [1.29, 1.82) is 0 Å². The molecule has 1 aromatic heterocycles. The highest BCUT2D eigenvalue weighted by atomic mass is 16.3. The smallest absolute Gasteiger partial charge is 0.258 e. The lowest BCUT2D eigenvalue weighted by atomic mass is 10.1. The van der Waals surface area contributed by atoms with Crippen molar-refractivity contribution >= 4 is 22.6 Å². The minimum atomic E-state index is 0.0645. The van der Waals surface area contributed by atoms with Gasteiger partial charge in [0, 0.05) is 22.7 Å². The molecular weight excluding hydrogens is 250 g/mol. The number of benzene rings is 2. The van der Waals surface area contributed by atoms with Crippen LogP contribution in [0.4, 0.5) is 5.69 Å². The molecule has 0 N–H and O–H groups in total.